The zero-order chi connectivity index (χ0) is 19.3. The van der Waals surface area contributed by atoms with E-state index in [1.807, 2.05) is 18.2 Å². The summed E-state index contributed by atoms with van der Waals surface area (Å²) in [5.74, 6) is 1.91. The molecule has 1 aliphatic rings. The molecule has 0 atom stereocenters. The molecule has 0 bridgehead atoms. The number of nitrogens with one attached hydrogen (secondary N) is 1. The lowest BCUT2D eigenvalue weighted by atomic mass is 10.3. The second-order valence-electron chi connectivity index (χ2n) is 6.15. The van der Waals surface area contributed by atoms with Crippen molar-refractivity contribution in [2.24, 2.45) is 4.99 Å². The number of rotatable bonds is 4. The molecule has 146 valence electrons. The minimum atomic E-state index is -4.28. The van der Waals surface area contributed by atoms with E-state index < -0.39 is 12.7 Å². The first-order valence-electron chi connectivity index (χ1n) is 8.64. The fraction of sp³-hybridized carbons (Fsp3) is 0.471. The minimum absolute atomic E-state index is 0.177. The molecule has 1 saturated heterocycles. The first-order valence-corrected chi connectivity index (χ1v) is 8.64. The predicted molar refractivity (Wildman–Crippen MR) is 96.5 cm³/mol. The summed E-state index contributed by atoms with van der Waals surface area (Å²) in [4.78, 5) is 16.9. The topological polar surface area (TPSA) is 61.6 Å². The van der Waals surface area contributed by atoms with Gasteiger partial charge in [0.25, 0.3) is 0 Å². The Hall–Kier alpha value is -2.78. The molecule has 0 unspecified atom stereocenters. The van der Waals surface area contributed by atoms with Gasteiger partial charge in [-0.05, 0) is 12.1 Å². The van der Waals surface area contributed by atoms with E-state index in [2.05, 4.69) is 30.1 Å². The maximum Gasteiger partial charge on any atom is 0.406 e. The number of aromatic nitrogens is 3. The average molecular weight is 381 g/mol. The summed E-state index contributed by atoms with van der Waals surface area (Å²) < 4.78 is 39.0. The molecule has 0 aliphatic carbocycles. The largest absolute Gasteiger partial charge is 0.406 e. The first-order chi connectivity index (χ1) is 13.0. The van der Waals surface area contributed by atoms with Crippen LogP contribution in [0, 0.1) is 0 Å². The summed E-state index contributed by atoms with van der Waals surface area (Å²) >= 11 is 0. The smallest absolute Gasteiger partial charge is 0.353 e. The van der Waals surface area contributed by atoms with Gasteiger partial charge >= 0.3 is 6.18 Å². The molecule has 0 aromatic carbocycles. The summed E-state index contributed by atoms with van der Waals surface area (Å²) in [6.07, 6.45) is 0.195. The Kier molecular flexibility index (Phi) is 5.82. The molecular formula is C17H22F3N7. The van der Waals surface area contributed by atoms with E-state index in [0.29, 0.717) is 11.8 Å². The molecular weight excluding hydrogens is 359 g/mol. The Morgan fingerprint density at radius 1 is 1.15 bits per heavy atom. The van der Waals surface area contributed by atoms with Gasteiger partial charge in [0.15, 0.2) is 5.96 Å². The van der Waals surface area contributed by atoms with Crippen LogP contribution in [0.5, 0.6) is 0 Å². The third-order valence-electron chi connectivity index (χ3n) is 4.32. The maximum absolute atomic E-state index is 12.6. The van der Waals surface area contributed by atoms with Crippen LogP contribution in [0.2, 0.25) is 0 Å². The quantitative estimate of drug-likeness (QED) is 0.646. The first kappa shape index (κ1) is 19.0. The zero-order valence-electron chi connectivity index (χ0n) is 15.0. The van der Waals surface area contributed by atoms with Gasteiger partial charge in [0.1, 0.15) is 18.2 Å². The number of piperazine rings is 1. The second-order valence-corrected chi connectivity index (χ2v) is 6.15. The van der Waals surface area contributed by atoms with Gasteiger partial charge in [0, 0.05) is 51.8 Å². The van der Waals surface area contributed by atoms with Gasteiger partial charge in [-0.1, -0.05) is 6.07 Å². The molecule has 0 amide bonds. The molecule has 3 rings (SSSR count). The van der Waals surface area contributed by atoms with E-state index in [-0.39, 0.29) is 6.54 Å². The Morgan fingerprint density at radius 3 is 2.56 bits per heavy atom. The van der Waals surface area contributed by atoms with E-state index in [9.17, 15) is 13.2 Å². The van der Waals surface area contributed by atoms with Crippen LogP contribution >= 0.6 is 0 Å². The van der Waals surface area contributed by atoms with Crippen molar-refractivity contribution in [1.29, 1.82) is 0 Å². The molecule has 2 aromatic heterocycles. The van der Waals surface area contributed by atoms with Crippen LogP contribution in [0.4, 0.5) is 19.0 Å². The number of anilines is 1. The van der Waals surface area contributed by atoms with Crippen LogP contribution in [-0.2, 0) is 13.1 Å². The van der Waals surface area contributed by atoms with Crippen molar-refractivity contribution in [1.82, 2.24) is 24.8 Å². The highest BCUT2D eigenvalue weighted by Gasteiger charge is 2.29. The van der Waals surface area contributed by atoms with Crippen molar-refractivity contribution in [3.05, 3.63) is 42.6 Å². The molecule has 1 N–H and O–H groups in total. The molecule has 1 fully saturated rings. The van der Waals surface area contributed by atoms with Crippen LogP contribution in [0.25, 0.3) is 0 Å². The second kappa shape index (κ2) is 8.28. The number of halogens is 3. The lowest BCUT2D eigenvalue weighted by Crippen LogP contribution is -2.52. The number of pyridine rings is 1. The predicted octanol–water partition coefficient (Wildman–Crippen LogP) is 1.74. The van der Waals surface area contributed by atoms with Gasteiger partial charge in [-0.25, -0.2) is 9.97 Å². The maximum atomic E-state index is 12.6. The normalized spacial score (nSPS) is 15.9. The van der Waals surface area contributed by atoms with Gasteiger partial charge in [-0.2, -0.15) is 13.2 Å². The highest BCUT2D eigenvalue weighted by atomic mass is 19.4. The average Bonchev–Trinajstić information content (AvgIpc) is 3.09. The van der Waals surface area contributed by atoms with Gasteiger partial charge in [0.2, 0.25) is 0 Å². The molecule has 3 heterocycles. The van der Waals surface area contributed by atoms with Crippen molar-refractivity contribution < 1.29 is 13.2 Å². The minimum Gasteiger partial charge on any atom is -0.353 e. The van der Waals surface area contributed by atoms with Gasteiger partial charge < -0.3 is 19.7 Å². The highest BCUT2D eigenvalue weighted by molar-refractivity contribution is 5.80. The molecule has 0 spiro atoms. The Bertz CT molecular complexity index is 749. The zero-order valence-corrected chi connectivity index (χ0v) is 15.0. The molecule has 7 nitrogen and oxygen atoms in total. The van der Waals surface area contributed by atoms with Crippen LogP contribution in [0.1, 0.15) is 5.82 Å². The molecule has 0 radical (unpaired) electrons. The van der Waals surface area contributed by atoms with Gasteiger partial charge in [-0.15, -0.1) is 0 Å². The number of imidazole rings is 1. The van der Waals surface area contributed by atoms with Crippen molar-refractivity contribution in [3.8, 4) is 0 Å². The summed E-state index contributed by atoms with van der Waals surface area (Å²) in [6, 6.07) is 5.82. The number of nitrogens with zero attached hydrogens (tertiary/aromatic N) is 6. The van der Waals surface area contributed by atoms with E-state index in [1.54, 1.807) is 13.2 Å². The van der Waals surface area contributed by atoms with E-state index in [1.165, 1.54) is 12.4 Å². The van der Waals surface area contributed by atoms with E-state index >= 15 is 0 Å². The number of alkyl halides is 3. The van der Waals surface area contributed by atoms with Gasteiger partial charge in [0.05, 0.1) is 6.54 Å². The van der Waals surface area contributed by atoms with Crippen LogP contribution in [-0.4, -0.2) is 64.8 Å². The molecule has 0 saturated carbocycles. The SMILES string of the molecule is CN=C(NCc1nccn1CC(F)(F)F)N1CCN(c2ccccn2)CC1. The molecule has 27 heavy (non-hydrogen) atoms. The fourth-order valence-electron chi connectivity index (χ4n) is 3.02. The monoisotopic (exact) mass is 381 g/mol. The highest BCUT2D eigenvalue weighted by Crippen LogP contribution is 2.18. The van der Waals surface area contributed by atoms with Crippen LogP contribution < -0.4 is 10.2 Å². The van der Waals surface area contributed by atoms with Crippen molar-refractivity contribution in [3.63, 3.8) is 0 Å². The van der Waals surface area contributed by atoms with E-state index in [0.717, 1.165) is 36.6 Å². The molecule has 10 heteroatoms. The Labute approximate surface area is 155 Å². The Balaban J connectivity index is 1.54. The lowest BCUT2D eigenvalue weighted by Gasteiger charge is -2.37. The summed E-state index contributed by atoms with van der Waals surface area (Å²) in [5.41, 5.74) is 0. The van der Waals surface area contributed by atoms with Gasteiger partial charge in [-0.3, -0.25) is 4.99 Å². The third kappa shape index (κ3) is 5.11. The third-order valence-corrected chi connectivity index (χ3v) is 4.32. The Morgan fingerprint density at radius 2 is 1.93 bits per heavy atom. The number of aliphatic imine (C=N–C) groups is 1. The number of guanidine groups is 1. The number of hydrogen-bond acceptors (Lipinski definition) is 4. The standard InChI is InChI=1S/C17H22F3N7/c1-21-16(24-12-15-23-6-7-27(15)13-17(18,19)20)26-10-8-25(9-11-26)14-4-2-3-5-22-14/h2-7H,8-13H2,1H3,(H,21,24). The summed E-state index contributed by atoms with van der Waals surface area (Å²) in [7, 11) is 1.66. The molecule has 2 aromatic rings. The molecule has 1 aliphatic heterocycles. The number of hydrogen-bond donors (Lipinski definition) is 1. The summed E-state index contributed by atoms with van der Waals surface area (Å²) in [6.45, 7) is 2.20. The summed E-state index contributed by atoms with van der Waals surface area (Å²) in [5, 5.41) is 3.11. The van der Waals surface area contributed by atoms with Crippen molar-refractivity contribution in [2.75, 3.05) is 38.1 Å². The van der Waals surface area contributed by atoms with Crippen LogP contribution in [0.15, 0.2) is 41.8 Å². The van der Waals surface area contributed by atoms with Crippen molar-refractivity contribution >= 4 is 11.8 Å². The lowest BCUT2D eigenvalue weighted by molar-refractivity contribution is -0.141. The van der Waals surface area contributed by atoms with Crippen molar-refractivity contribution in [2.45, 2.75) is 19.3 Å². The fourth-order valence-corrected chi connectivity index (χ4v) is 3.02. The van der Waals surface area contributed by atoms with Crippen LogP contribution in [0.3, 0.4) is 0 Å². The van der Waals surface area contributed by atoms with E-state index in [4.69, 9.17) is 0 Å².